The molecule has 0 saturated carbocycles. The molecule has 4 nitrogen and oxygen atoms in total. The van der Waals surface area contributed by atoms with Crippen LogP contribution in [-0.2, 0) is 6.42 Å². The van der Waals surface area contributed by atoms with Gasteiger partial charge in [0.15, 0.2) is 0 Å². The van der Waals surface area contributed by atoms with Crippen LogP contribution in [0.4, 0.5) is 0 Å². The summed E-state index contributed by atoms with van der Waals surface area (Å²) in [4.78, 5) is 0. The van der Waals surface area contributed by atoms with Gasteiger partial charge in [-0.1, -0.05) is 12.1 Å². The van der Waals surface area contributed by atoms with Crippen LogP contribution in [0.25, 0.3) is 11.1 Å². The molecule has 0 spiro atoms. The highest BCUT2D eigenvalue weighted by atomic mass is 16.3. The zero-order chi connectivity index (χ0) is 16.8. The lowest BCUT2D eigenvalue weighted by Crippen LogP contribution is -2.24. The van der Waals surface area contributed by atoms with Crippen molar-refractivity contribution in [1.29, 1.82) is 0 Å². The molecular formula is C20H20N2O2. The summed E-state index contributed by atoms with van der Waals surface area (Å²) in [6, 6.07) is 11.2. The number of hydrogen-bond donors (Lipinski definition) is 2. The van der Waals surface area contributed by atoms with Gasteiger partial charge in [0.05, 0.1) is 6.04 Å². The van der Waals surface area contributed by atoms with Gasteiger partial charge in [0.2, 0.25) is 0 Å². The molecule has 1 unspecified atom stereocenters. The molecule has 2 aromatic rings. The van der Waals surface area contributed by atoms with E-state index in [4.69, 9.17) is 0 Å². The Labute approximate surface area is 141 Å². The van der Waals surface area contributed by atoms with Crippen molar-refractivity contribution in [2.45, 2.75) is 25.8 Å². The summed E-state index contributed by atoms with van der Waals surface area (Å²) >= 11 is 0. The molecule has 24 heavy (non-hydrogen) atoms. The first-order chi connectivity index (χ1) is 11.5. The van der Waals surface area contributed by atoms with Crippen LogP contribution in [0.2, 0.25) is 0 Å². The minimum Gasteiger partial charge on any atom is -0.508 e. The maximum absolute atomic E-state index is 10.1. The maximum atomic E-state index is 10.1. The number of fused-ring (bicyclic) bond motifs is 1. The Hall–Kier alpha value is -2.75. The number of likely N-dealkylation sites (N-methyl/N-ethyl adjacent to an activating group) is 1. The molecule has 2 aliphatic rings. The third-order valence-corrected chi connectivity index (χ3v) is 5.02. The second kappa shape index (κ2) is 5.41. The molecule has 0 aromatic heterocycles. The van der Waals surface area contributed by atoms with Gasteiger partial charge in [-0.05, 0) is 71.0 Å². The number of rotatable bonds is 2. The van der Waals surface area contributed by atoms with Crippen LogP contribution in [-0.4, -0.2) is 34.5 Å². The molecule has 4 rings (SSSR count). The number of aryl methyl sites for hydroxylation is 1. The third kappa shape index (κ3) is 2.26. The number of phenolic OH excluding ortho intramolecular Hbond substituents is 2. The molecule has 1 aliphatic heterocycles. The zero-order valence-corrected chi connectivity index (χ0v) is 13.8. The fourth-order valence-electron chi connectivity index (χ4n) is 3.82. The normalized spacial score (nSPS) is 19.2. The van der Waals surface area contributed by atoms with E-state index in [2.05, 4.69) is 5.10 Å². The quantitative estimate of drug-likeness (QED) is 0.889. The van der Waals surface area contributed by atoms with E-state index >= 15 is 0 Å². The summed E-state index contributed by atoms with van der Waals surface area (Å²) < 4.78 is 0. The lowest BCUT2D eigenvalue weighted by Gasteiger charge is -2.23. The number of phenols is 2. The SMILES string of the molecule is Cc1cc(O)cc2c1CC(c1ccc(O)cc1)=C2C1CC=NN1C. The van der Waals surface area contributed by atoms with Crippen LogP contribution in [0.3, 0.4) is 0 Å². The van der Waals surface area contributed by atoms with Crippen molar-refractivity contribution >= 4 is 17.4 Å². The van der Waals surface area contributed by atoms with Crippen LogP contribution >= 0.6 is 0 Å². The summed E-state index contributed by atoms with van der Waals surface area (Å²) in [5.41, 5.74) is 7.09. The van der Waals surface area contributed by atoms with Crippen LogP contribution < -0.4 is 0 Å². The van der Waals surface area contributed by atoms with Crippen molar-refractivity contribution in [3.05, 3.63) is 58.7 Å². The second-order valence-corrected chi connectivity index (χ2v) is 6.53. The van der Waals surface area contributed by atoms with E-state index < -0.39 is 0 Å². The van der Waals surface area contributed by atoms with Crippen LogP contribution in [0.1, 0.15) is 28.7 Å². The van der Waals surface area contributed by atoms with Crippen LogP contribution in [0.15, 0.2) is 41.5 Å². The summed E-state index contributed by atoms with van der Waals surface area (Å²) in [6.07, 6.45) is 3.65. The van der Waals surface area contributed by atoms with E-state index in [1.54, 1.807) is 12.1 Å². The lowest BCUT2D eigenvalue weighted by molar-refractivity contribution is 0.338. The van der Waals surface area contributed by atoms with Crippen LogP contribution in [0.5, 0.6) is 11.5 Å². The maximum Gasteiger partial charge on any atom is 0.116 e. The Morgan fingerprint density at radius 2 is 1.83 bits per heavy atom. The molecule has 2 aromatic carbocycles. The first kappa shape index (κ1) is 14.8. The number of allylic oxidation sites excluding steroid dienone is 1. The minimum absolute atomic E-state index is 0.177. The number of nitrogens with zero attached hydrogens (tertiary/aromatic N) is 2. The van der Waals surface area contributed by atoms with E-state index in [0.29, 0.717) is 5.75 Å². The fraction of sp³-hybridized carbons (Fsp3) is 0.250. The number of hydrazone groups is 1. The van der Waals surface area contributed by atoms with Gasteiger partial charge in [0.1, 0.15) is 11.5 Å². The van der Waals surface area contributed by atoms with Gasteiger partial charge in [-0.25, -0.2) is 0 Å². The molecule has 4 heteroatoms. The van der Waals surface area contributed by atoms with Crippen molar-refractivity contribution < 1.29 is 10.2 Å². The smallest absolute Gasteiger partial charge is 0.116 e. The Balaban J connectivity index is 1.91. The molecule has 1 heterocycles. The third-order valence-electron chi connectivity index (χ3n) is 5.02. The minimum atomic E-state index is 0.177. The highest BCUT2D eigenvalue weighted by molar-refractivity contribution is 6.00. The second-order valence-electron chi connectivity index (χ2n) is 6.53. The van der Waals surface area contributed by atoms with Crippen molar-refractivity contribution in [2.75, 3.05) is 7.05 Å². The van der Waals surface area contributed by atoms with Gasteiger partial charge < -0.3 is 10.2 Å². The average molecular weight is 320 g/mol. The summed E-state index contributed by atoms with van der Waals surface area (Å²) in [7, 11) is 1.99. The molecule has 0 amide bonds. The van der Waals surface area contributed by atoms with Gasteiger partial charge in [0.25, 0.3) is 0 Å². The van der Waals surface area contributed by atoms with Crippen LogP contribution in [0, 0.1) is 6.92 Å². The molecule has 1 atom stereocenters. The zero-order valence-electron chi connectivity index (χ0n) is 13.8. The Morgan fingerprint density at radius 3 is 2.50 bits per heavy atom. The summed E-state index contributed by atoms with van der Waals surface area (Å²) in [6.45, 7) is 2.05. The predicted molar refractivity (Wildman–Crippen MR) is 96.1 cm³/mol. The van der Waals surface area contributed by atoms with Crippen molar-refractivity contribution in [2.24, 2.45) is 5.10 Å². The van der Waals surface area contributed by atoms with Gasteiger partial charge in [-0.15, -0.1) is 0 Å². The lowest BCUT2D eigenvalue weighted by atomic mass is 9.93. The molecule has 0 bridgehead atoms. The van der Waals surface area contributed by atoms with E-state index in [1.165, 1.54) is 16.7 Å². The average Bonchev–Trinajstić information content (AvgIpc) is 3.11. The first-order valence-corrected chi connectivity index (χ1v) is 8.15. The summed E-state index contributed by atoms with van der Waals surface area (Å²) in [5, 5.41) is 26.1. The van der Waals surface area contributed by atoms with Crippen molar-refractivity contribution in [3.63, 3.8) is 0 Å². The molecule has 0 radical (unpaired) electrons. The van der Waals surface area contributed by atoms with Crippen molar-refractivity contribution in [3.8, 4) is 11.5 Å². The molecule has 0 fully saturated rings. The number of hydrogen-bond acceptors (Lipinski definition) is 4. The number of aromatic hydroxyl groups is 2. The predicted octanol–water partition coefficient (Wildman–Crippen LogP) is 3.56. The van der Waals surface area contributed by atoms with E-state index in [1.807, 2.05) is 49.5 Å². The highest BCUT2D eigenvalue weighted by Gasteiger charge is 2.33. The standard InChI is InChI=1S/C20H20N2O2/c1-12-9-15(24)10-18-16(12)11-17(13-3-5-14(23)6-4-13)20(18)19-7-8-21-22(19)2/h3-6,8-10,19,23-24H,7,11H2,1-2H3. The van der Waals surface area contributed by atoms with Gasteiger partial charge in [-0.3, -0.25) is 5.01 Å². The highest BCUT2D eigenvalue weighted by Crippen LogP contribution is 2.45. The van der Waals surface area contributed by atoms with Gasteiger partial charge in [0, 0.05) is 19.7 Å². The molecular weight excluding hydrogens is 300 g/mol. The molecule has 2 N–H and O–H groups in total. The Kier molecular flexibility index (Phi) is 3.34. The fourth-order valence-corrected chi connectivity index (χ4v) is 3.82. The number of benzene rings is 2. The molecule has 122 valence electrons. The largest absolute Gasteiger partial charge is 0.508 e. The van der Waals surface area contributed by atoms with E-state index in [9.17, 15) is 10.2 Å². The first-order valence-electron chi connectivity index (χ1n) is 8.15. The van der Waals surface area contributed by atoms with Gasteiger partial charge >= 0.3 is 0 Å². The summed E-state index contributed by atoms with van der Waals surface area (Å²) in [5.74, 6) is 0.573. The molecule has 0 saturated heterocycles. The van der Waals surface area contributed by atoms with Gasteiger partial charge in [-0.2, -0.15) is 5.10 Å². The van der Waals surface area contributed by atoms with Crippen molar-refractivity contribution in [1.82, 2.24) is 5.01 Å². The van der Waals surface area contributed by atoms with E-state index in [-0.39, 0.29) is 11.8 Å². The van der Waals surface area contributed by atoms with E-state index in [0.717, 1.165) is 29.5 Å². The topological polar surface area (TPSA) is 56.1 Å². The monoisotopic (exact) mass is 320 g/mol. The Morgan fingerprint density at radius 1 is 1.08 bits per heavy atom. The molecule has 1 aliphatic carbocycles. The Bertz CT molecular complexity index is 866.